The summed E-state index contributed by atoms with van der Waals surface area (Å²) in [5.41, 5.74) is -0.472. The summed E-state index contributed by atoms with van der Waals surface area (Å²) in [5.74, 6) is 0.00169. The minimum Gasteiger partial charge on any atom is -0.481 e. The minimum atomic E-state index is -0.586. The number of carboxylic acid groups (broad SMARTS) is 1. The second-order valence-electron chi connectivity index (χ2n) is 5.99. The van der Waals surface area contributed by atoms with Crippen LogP contribution in [0.5, 0.6) is 0 Å². The third-order valence-electron chi connectivity index (χ3n) is 4.56. The summed E-state index contributed by atoms with van der Waals surface area (Å²) in [6.45, 7) is 3.57. The maximum Gasteiger partial charge on any atom is 0.310 e. The summed E-state index contributed by atoms with van der Waals surface area (Å²) in [4.78, 5) is 14.0. The molecule has 0 aromatic rings. The SMILES string of the molecule is COCC1CCN(CC2(C(=O)O)CCCCC2)C1. The van der Waals surface area contributed by atoms with Crippen LogP contribution in [0, 0.1) is 11.3 Å². The lowest BCUT2D eigenvalue weighted by molar-refractivity contribution is -0.152. The van der Waals surface area contributed by atoms with E-state index in [1.165, 1.54) is 6.42 Å². The van der Waals surface area contributed by atoms with Crippen molar-refractivity contribution in [3.63, 3.8) is 0 Å². The van der Waals surface area contributed by atoms with Crippen molar-refractivity contribution in [2.45, 2.75) is 38.5 Å². The molecule has 1 aliphatic carbocycles. The second-order valence-corrected chi connectivity index (χ2v) is 5.99. The first-order chi connectivity index (χ1) is 8.66. The summed E-state index contributed by atoms with van der Waals surface area (Å²) in [7, 11) is 1.74. The monoisotopic (exact) mass is 255 g/mol. The summed E-state index contributed by atoms with van der Waals surface area (Å²) in [6, 6.07) is 0. The highest BCUT2D eigenvalue weighted by Gasteiger charge is 2.42. The van der Waals surface area contributed by atoms with E-state index < -0.39 is 11.4 Å². The Labute approximate surface area is 109 Å². The fourth-order valence-electron chi connectivity index (χ4n) is 3.52. The van der Waals surface area contributed by atoms with Crippen molar-refractivity contribution in [3.05, 3.63) is 0 Å². The molecule has 2 aliphatic rings. The van der Waals surface area contributed by atoms with Crippen molar-refractivity contribution in [2.24, 2.45) is 11.3 Å². The van der Waals surface area contributed by atoms with E-state index in [4.69, 9.17) is 4.74 Å². The summed E-state index contributed by atoms with van der Waals surface area (Å²) >= 11 is 0. The topological polar surface area (TPSA) is 49.8 Å². The van der Waals surface area contributed by atoms with Crippen molar-refractivity contribution < 1.29 is 14.6 Å². The number of aliphatic carboxylic acids is 1. The molecule has 1 heterocycles. The van der Waals surface area contributed by atoms with Crippen molar-refractivity contribution in [1.82, 2.24) is 4.90 Å². The number of hydrogen-bond donors (Lipinski definition) is 1. The molecule has 0 bridgehead atoms. The van der Waals surface area contributed by atoms with Gasteiger partial charge in [0.15, 0.2) is 0 Å². The van der Waals surface area contributed by atoms with Gasteiger partial charge < -0.3 is 14.7 Å². The Hall–Kier alpha value is -0.610. The average Bonchev–Trinajstić information content (AvgIpc) is 2.78. The smallest absolute Gasteiger partial charge is 0.310 e. The zero-order chi connectivity index (χ0) is 13.0. The number of carbonyl (C=O) groups is 1. The Kier molecular flexibility index (Phi) is 4.62. The molecule has 1 N–H and O–H groups in total. The molecule has 1 aliphatic heterocycles. The van der Waals surface area contributed by atoms with Gasteiger partial charge in [-0.3, -0.25) is 4.79 Å². The van der Waals surface area contributed by atoms with Crippen LogP contribution in [-0.2, 0) is 9.53 Å². The molecule has 0 spiro atoms. The van der Waals surface area contributed by atoms with Crippen molar-refractivity contribution in [1.29, 1.82) is 0 Å². The van der Waals surface area contributed by atoms with Crippen LogP contribution in [0.25, 0.3) is 0 Å². The Balaban J connectivity index is 1.92. The van der Waals surface area contributed by atoms with Gasteiger partial charge >= 0.3 is 5.97 Å². The second kappa shape index (κ2) is 6.02. The lowest BCUT2D eigenvalue weighted by Crippen LogP contribution is -2.44. The highest BCUT2D eigenvalue weighted by Crippen LogP contribution is 2.38. The van der Waals surface area contributed by atoms with Crippen LogP contribution in [0.3, 0.4) is 0 Å². The maximum atomic E-state index is 11.6. The van der Waals surface area contributed by atoms with E-state index >= 15 is 0 Å². The lowest BCUT2D eigenvalue weighted by atomic mass is 9.73. The number of hydrogen-bond acceptors (Lipinski definition) is 3. The normalized spacial score (nSPS) is 28.4. The van der Waals surface area contributed by atoms with E-state index in [2.05, 4.69) is 4.90 Å². The summed E-state index contributed by atoms with van der Waals surface area (Å²) < 4.78 is 5.19. The predicted molar refractivity (Wildman–Crippen MR) is 69.6 cm³/mol. The van der Waals surface area contributed by atoms with Crippen LogP contribution in [-0.4, -0.2) is 49.3 Å². The molecule has 0 radical (unpaired) electrons. The molecule has 1 atom stereocenters. The van der Waals surface area contributed by atoms with Gasteiger partial charge in [-0.05, 0) is 31.7 Å². The molecule has 0 amide bonds. The lowest BCUT2D eigenvalue weighted by Gasteiger charge is -2.36. The molecule has 104 valence electrons. The number of ether oxygens (including phenoxy) is 1. The first-order valence-corrected chi connectivity index (χ1v) is 7.11. The van der Waals surface area contributed by atoms with Gasteiger partial charge in [0, 0.05) is 20.2 Å². The quantitative estimate of drug-likeness (QED) is 0.816. The third kappa shape index (κ3) is 3.04. The molecule has 1 saturated carbocycles. The molecule has 4 nitrogen and oxygen atoms in total. The first-order valence-electron chi connectivity index (χ1n) is 7.11. The Morgan fingerprint density at radius 1 is 1.39 bits per heavy atom. The largest absolute Gasteiger partial charge is 0.481 e. The van der Waals surface area contributed by atoms with E-state index in [1.54, 1.807) is 7.11 Å². The average molecular weight is 255 g/mol. The third-order valence-corrected chi connectivity index (χ3v) is 4.56. The minimum absolute atomic E-state index is 0.472. The van der Waals surface area contributed by atoms with Gasteiger partial charge in [0.2, 0.25) is 0 Å². The van der Waals surface area contributed by atoms with Gasteiger partial charge in [0.1, 0.15) is 0 Å². The molecule has 18 heavy (non-hydrogen) atoms. The molecule has 1 saturated heterocycles. The number of methoxy groups -OCH3 is 1. The first kappa shape index (κ1) is 13.8. The predicted octanol–water partition coefficient (Wildman–Crippen LogP) is 1.99. The number of carboxylic acids is 1. The van der Waals surface area contributed by atoms with Crippen LogP contribution in [0.1, 0.15) is 38.5 Å². The Morgan fingerprint density at radius 3 is 2.72 bits per heavy atom. The van der Waals surface area contributed by atoms with E-state index in [9.17, 15) is 9.90 Å². The van der Waals surface area contributed by atoms with E-state index in [-0.39, 0.29) is 0 Å². The van der Waals surface area contributed by atoms with Gasteiger partial charge in [0.05, 0.1) is 12.0 Å². The van der Waals surface area contributed by atoms with Gasteiger partial charge in [0.25, 0.3) is 0 Å². The van der Waals surface area contributed by atoms with Gasteiger partial charge in [-0.1, -0.05) is 19.3 Å². The van der Waals surface area contributed by atoms with Gasteiger partial charge in [-0.15, -0.1) is 0 Å². The Morgan fingerprint density at radius 2 is 2.11 bits per heavy atom. The molecule has 2 rings (SSSR count). The zero-order valence-electron chi connectivity index (χ0n) is 11.4. The van der Waals surface area contributed by atoms with Crippen LogP contribution in [0.2, 0.25) is 0 Å². The summed E-state index contributed by atoms with van der Waals surface area (Å²) in [6.07, 6.45) is 6.19. The molecule has 2 fully saturated rings. The summed E-state index contributed by atoms with van der Waals surface area (Å²) in [5, 5.41) is 9.57. The van der Waals surface area contributed by atoms with Crippen LogP contribution in [0.15, 0.2) is 0 Å². The Bertz CT molecular complexity index is 287. The van der Waals surface area contributed by atoms with Gasteiger partial charge in [-0.25, -0.2) is 0 Å². The fraction of sp³-hybridized carbons (Fsp3) is 0.929. The van der Waals surface area contributed by atoms with Crippen molar-refractivity contribution >= 4 is 5.97 Å². The van der Waals surface area contributed by atoms with E-state index in [0.717, 1.165) is 58.3 Å². The fourth-order valence-corrected chi connectivity index (χ4v) is 3.52. The maximum absolute atomic E-state index is 11.6. The highest BCUT2D eigenvalue weighted by molar-refractivity contribution is 5.75. The zero-order valence-corrected chi connectivity index (χ0v) is 11.4. The van der Waals surface area contributed by atoms with Crippen LogP contribution < -0.4 is 0 Å². The number of nitrogens with zero attached hydrogens (tertiary/aromatic N) is 1. The highest BCUT2D eigenvalue weighted by atomic mass is 16.5. The van der Waals surface area contributed by atoms with Crippen LogP contribution >= 0.6 is 0 Å². The molecular formula is C14H25NO3. The van der Waals surface area contributed by atoms with E-state index in [0.29, 0.717) is 5.92 Å². The standard InChI is InChI=1S/C14H25NO3/c1-18-10-12-5-8-15(9-12)11-14(13(16)17)6-3-2-4-7-14/h12H,2-11H2,1H3,(H,16,17). The van der Waals surface area contributed by atoms with Crippen LogP contribution in [0.4, 0.5) is 0 Å². The molecular weight excluding hydrogens is 230 g/mol. The van der Waals surface area contributed by atoms with Crippen molar-refractivity contribution in [3.8, 4) is 0 Å². The van der Waals surface area contributed by atoms with Crippen molar-refractivity contribution in [2.75, 3.05) is 33.4 Å². The number of rotatable bonds is 5. The molecule has 0 aromatic heterocycles. The molecule has 4 heteroatoms. The van der Waals surface area contributed by atoms with Gasteiger partial charge in [-0.2, -0.15) is 0 Å². The molecule has 1 unspecified atom stereocenters. The number of likely N-dealkylation sites (tertiary alicyclic amines) is 1. The van der Waals surface area contributed by atoms with E-state index in [1.807, 2.05) is 0 Å². The molecule has 0 aromatic carbocycles.